The number of nitrogens with one attached hydrogen (secondary N) is 1. The SMILES string of the molecule is COc1ccc(C(OC[C@H]2O[C@@H](n3ccc(NC(C)=O)nc3=O)C[C@@H]2OP(OCCC#N)N(C(C)C)C(C)C)(c2ccccc2)c2ccc(OC)cc2)cc1. The van der Waals surface area contributed by atoms with Crippen LogP contribution in [-0.4, -0.2) is 71.9 Å². The first kappa shape index (κ1) is 41.5. The van der Waals surface area contributed by atoms with Crippen molar-refractivity contribution in [2.24, 2.45) is 0 Å². The van der Waals surface area contributed by atoms with Crippen molar-refractivity contribution < 1.29 is 32.8 Å². The van der Waals surface area contributed by atoms with E-state index in [4.69, 9.17) is 28.0 Å². The van der Waals surface area contributed by atoms with E-state index in [1.807, 2.05) is 78.9 Å². The van der Waals surface area contributed by atoms with E-state index in [0.29, 0.717) is 11.5 Å². The molecule has 1 amide bonds. The van der Waals surface area contributed by atoms with Crippen molar-refractivity contribution >= 4 is 20.3 Å². The molecule has 55 heavy (non-hydrogen) atoms. The van der Waals surface area contributed by atoms with Gasteiger partial charge in [-0.25, -0.2) is 9.46 Å². The molecule has 4 aromatic rings. The Kier molecular flexibility index (Phi) is 14.5. The number of nitrogens with zero attached hydrogens (tertiary/aromatic N) is 4. The highest BCUT2D eigenvalue weighted by Crippen LogP contribution is 2.50. The molecule has 1 unspecified atom stereocenters. The second-order valence-electron chi connectivity index (χ2n) is 13.6. The van der Waals surface area contributed by atoms with Gasteiger partial charge in [0.15, 0.2) is 0 Å². The van der Waals surface area contributed by atoms with Crippen molar-refractivity contribution in [3.05, 3.63) is 118 Å². The highest BCUT2D eigenvalue weighted by Gasteiger charge is 2.45. The molecule has 13 nitrogen and oxygen atoms in total. The van der Waals surface area contributed by atoms with Gasteiger partial charge in [-0.1, -0.05) is 54.6 Å². The van der Waals surface area contributed by atoms with E-state index in [1.165, 1.54) is 11.5 Å². The highest BCUT2D eigenvalue weighted by atomic mass is 31.2. The number of hydrogen-bond donors (Lipinski definition) is 1. The Balaban J connectivity index is 1.59. The normalized spacial score (nSPS) is 17.7. The monoisotopic (exact) mass is 771 g/mol. The zero-order valence-electron chi connectivity index (χ0n) is 32.4. The molecule has 0 bridgehead atoms. The number of carbonyl (C=O) groups excluding carboxylic acids is 1. The van der Waals surface area contributed by atoms with Crippen LogP contribution in [-0.2, 0) is 28.9 Å². The van der Waals surface area contributed by atoms with Crippen LogP contribution in [0.15, 0.2) is 95.9 Å². The van der Waals surface area contributed by atoms with Crippen molar-refractivity contribution in [2.75, 3.05) is 32.8 Å². The molecule has 5 rings (SSSR count). The lowest BCUT2D eigenvalue weighted by Gasteiger charge is -2.39. The van der Waals surface area contributed by atoms with Crippen molar-refractivity contribution in [3.63, 3.8) is 0 Å². The van der Waals surface area contributed by atoms with Gasteiger partial charge in [-0.15, -0.1) is 0 Å². The summed E-state index contributed by atoms with van der Waals surface area (Å²) in [6, 6.07) is 29.3. The van der Waals surface area contributed by atoms with Crippen LogP contribution >= 0.6 is 8.53 Å². The number of methoxy groups -OCH3 is 2. The molecule has 292 valence electrons. The van der Waals surface area contributed by atoms with Crippen LogP contribution in [0.1, 0.15) is 70.4 Å². The summed E-state index contributed by atoms with van der Waals surface area (Å²) in [5.41, 5.74) is 0.835. The molecule has 1 aliphatic rings. The molecule has 14 heteroatoms. The third kappa shape index (κ3) is 9.96. The Morgan fingerprint density at radius 3 is 2.05 bits per heavy atom. The predicted octanol–water partition coefficient (Wildman–Crippen LogP) is 7.18. The van der Waals surface area contributed by atoms with E-state index in [-0.39, 0.29) is 49.9 Å². The zero-order valence-corrected chi connectivity index (χ0v) is 33.3. The summed E-state index contributed by atoms with van der Waals surface area (Å²) in [7, 11) is 1.57. The van der Waals surface area contributed by atoms with Crippen molar-refractivity contribution in [3.8, 4) is 17.6 Å². The van der Waals surface area contributed by atoms with Crippen LogP contribution in [0, 0.1) is 11.3 Å². The van der Waals surface area contributed by atoms with Crippen LogP contribution in [0.25, 0.3) is 0 Å². The molecule has 3 aromatic carbocycles. The minimum atomic E-state index is -1.68. The third-order valence-corrected chi connectivity index (χ3v) is 11.3. The van der Waals surface area contributed by atoms with Crippen LogP contribution in [0.2, 0.25) is 0 Å². The lowest BCUT2D eigenvalue weighted by Crippen LogP contribution is -2.39. The van der Waals surface area contributed by atoms with Crippen molar-refractivity contribution in [1.29, 1.82) is 5.26 Å². The fourth-order valence-electron chi connectivity index (χ4n) is 6.71. The first-order valence-electron chi connectivity index (χ1n) is 18.3. The molecule has 0 radical (unpaired) electrons. The lowest BCUT2D eigenvalue weighted by atomic mass is 9.80. The van der Waals surface area contributed by atoms with Crippen LogP contribution in [0.3, 0.4) is 0 Å². The third-order valence-electron chi connectivity index (χ3n) is 9.15. The summed E-state index contributed by atoms with van der Waals surface area (Å²) in [6.07, 6.45) is -0.0653. The quantitative estimate of drug-likeness (QED) is 0.0624. The molecule has 0 spiro atoms. The standard InChI is InChI=1S/C41H50N5O8P/c1-28(2)46(29(3)4)55(52-25-11-23-42)54-36-26-39(45-24-22-38(43-30(5)47)44-40(45)48)53-37(36)27-51-41(31-12-9-8-10-13-31,32-14-18-34(49-6)19-15-32)33-16-20-35(50-7)21-17-33/h8-10,12-22,24,28-29,36-37,39H,11,25-27H2,1-7H3,(H,43,44,47,48)/t36-,37+,39+,55?/m0/s1. The van der Waals surface area contributed by atoms with E-state index < -0.39 is 38.3 Å². The van der Waals surface area contributed by atoms with Crippen LogP contribution < -0.4 is 20.5 Å². The van der Waals surface area contributed by atoms with Crippen molar-refractivity contribution in [1.82, 2.24) is 14.2 Å². The molecule has 0 aliphatic carbocycles. The Bertz CT molecular complexity index is 1880. The number of rotatable bonds is 18. The van der Waals surface area contributed by atoms with E-state index in [9.17, 15) is 14.9 Å². The number of hydrogen-bond acceptors (Lipinski definition) is 11. The molecule has 1 N–H and O–H groups in total. The summed E-state index contributed by atoms with van der Waals surface area (Å²) in [5.74, 6) is 1.20. The number of nitriles is 1. The summed E-state index contributed by atoms with van der Waals surface area (Å²) < 4.78 is 41.7. The van der Waals surface area contributed by atoms with Gasteiger partial charge < -0.3 is 33.3 Å². The Labute approximate surface area is 324 Å². The van der Waals surface area contributed by atoms with Gasteiger partial charge in [0.05, 0.1) is 46.0 Å². The molecule has 1 aromatic heterocycles. The summed E-state index contributed by atoms with van der Waals surface area (Å²) in [5, 5.41) is 11.9. The fourth-order valence-corrected chi connectivity index (χ4v) is 8.46. The molecule has 0 saturated carbocycles. The highest BCUT2D eigenvalue weighted by molar-refractivity contribution is 7.44. The van der Waals surface area contributed by atoms with E-state index in [2.05, 4.69) is 48.7 Å². The van der Waals surface area contributed by atoms with E-state index >= 15 is 0 Å². The minimum Gasteiger partial charge on any atom is -0.497 e. The number of anilines is 1. The van der Waals surface area contributed by atoms with Gasteiger partial charge in [0.25, 0.3) is 8.53 Å². The largest absolute Gasteiger partial charge is 0.497 e. The lowest BCUT2D eigenvalue weighted by molar-refractivity contribution is -0.114. The van der Waals surface area contributed by atoms with Gasteiger partial charge >= 0.3 is 5.69 Å². The number of ether oxygens (including phenoxy) is 4. The van der Waals surface area contributed by atoms with Gasteiger partial charge in [-0.2, -0.15) is 10.2 Å². The molecule has 2 heterocycles. The molecule has 1 fully saturated rings. The molecular formula is C41H50N5O8P. The first-order valence-corrected chi connectivity index (χ1v) is 19.4. The van der Waals surface area contributed by atoms with E-state index in [0.717, 1.165) is 16.7 Å². The second-order valence-corrected chi connectivity index (χ2v) is 15.0. The van der Waals surface area contributed by atoms with Gasteiger partial charge in [0.1, 0.15) is 35.2 Å². The fraction of sp³-hybridized carbons (Fsp3) is 0.415. The molecular weight excluding hydrogens is 721 g/mol. The van der Waals surface area contributed by atoms with Gasteiger partial charge in [0.2, 0.25) is 5.91 Å². The molecule has 1 aliphatic heterocycles. The number of carbonyl (C=O) groups is 1. The first-order chi connectivity index (χ1) is 26.5. The van der Waals surface area contributed by atoms with Crippen molar-refractivity contribution in [2.45, 2.75) is 83.6 Å². The number of amides is 1. The van der Waals surface area contributed by atoms with Gasteiger partial charge in [0, 0.05) is 31.6 Å². The topological polar surface area (TPSA) is 146 Å². The maximum atomic E-state index is 13.4. The summed E-state index contributed by atoms with van der Waals surface area (Å²) in [6.45, 7) is 9.85. The average Bonchev–Trinajstić information content (AvgIpc) is 3.57. The Morgan fingerprint density at radius 2 is 1.55 bits per heavy atom. The predicted molar refractivity (Wildman–Crippen MR) is 210 cm³/mol. The van der Waals surface area contributed by atoms with E-state index in [1.54, 1.807) is 26.5 Å². The summed E-state index contributed by atoms with van der Waals surface area (Å²) >= 11 is 0. The number of benzene rings is 3. The zero-order chi connectivity index (χ0) is 39.5. The summed E-state index contributed by atoms with van der Waals surface area (Å²) in [4.78, 5) is 29.1. The van der Waals surface area contributed by atoms with Gasteiger partial charge in [-0.3, -0.25) is 9.36 Å². The maximum absolute atomic E-state index is 13.4. The Hall–Kier alpha value is -4.67. The van der Waals surface area contributed by atoms with Crippen LogP contribution in [0.5, 0.6) is 11.5 Å². The van der Waals surface area contributed by atoms with Gasteiger partial charge in [-0.05, 0) is 74.7 Å². The minimum absolute atomic E-state index is 0.0327. The maximum Gasteiger partial charge on any atom is 0.351 e. The second kappa shape index (κ2) is 19.3. The Morgan fingerprint density at radius 1 is 0.964 bits per heavy atom. The van der Waals surface area contributed by atoms with Crippen LogP contribution in [0.4, 0.5) is 5.82 Å². The smallest absolute Gasteiger partial charge is 0.351 e. The average molecular weight is 772 g/mol. The number of aromatic nitrogens is 2. The molecule has 1 saturated heterocycles. The molecule has 4 atom stereocenters.